The van der Waals surface area contributed by atoms with Crippen LogP contribution in [0.5, 0.6) is 11.5 Å². The van der Waals surface area contributed by atoms with E-state index in [-0.39, 0.29) is 0 Å². The molecule has 0 fully saturated rings. The minimum Gasteiger partial charge on any atom is -0.456 e. The van der Waals surface area contributed by atoms with Crippen LogP contribution < -0.4 is 4.74 Å². The van der Waals surface area contributed by atoms with E-state index in [1.807, 2.05) is 6.07 Å². The van der Waals surface area contributed by atoms with Crippen LogP contribution >= 0.6 is 0 Å². The third kappa shape index (κ3) is 4.59. The zero-order valence-electron chi connectivity index (χ0n) is 32.3. The maximum atomic E-state index is 7.42. The minimum atomic E-state index is -0.634. The van der Waals surface area contributed by atoms with Gasteiger partial charge in [0.25, 0.3) is 0 Å². The molecule has 0 saturated carbocycles. The number of pyridine rings is 3. The fraction of sp³-hybridized carbons (Fsp3) is 0.0179. The Kier molecular flexibility index (Phi) is 6.90. The number of hydrogen-bond donors (Lipinski definition) is 0. The smallest absolute Gasteiger partial charge is 0.140 e. The van der Waals surface area contributed by atoms with Crippen molar-refractivity contribution in [1.82, 2.24) is 15.0 Å². The summed E-state index contributed by atoms with van der Waals surface area (Å²) in [6.45, 7) is 0. The van der Waals surface area contributed by atoms with E-state index < -0.39 is 5.41 Å². The zero-order chi connectivity index (χ0) is 39.4. The Labute approximate surface area is 346 Å². The third-order valence-electron chi connectivity index (χ3n) is 12.7. The molecule has 0 saturated heterocycles. The van der Waals surface area contributed by atoms with Crippen LogP contribution in [0.4, 0.5) is 0 Å². The zero-order valence-corrected chi connectivity index (χ0v) is 32.3. The average molecular weight is 764 g/mol. The van der Waals surface area contributed by atoms with Gasteiger partial charge in [-0.3, -0.25) is 0 Å². The second-order valence-corrected chi connectivity index (χ2v) is 15.8. The number of rotatable bonds is 3. The van der Waals surface area contributed by atoms with Gasteiger partial charge in [0, 0.05) is 54.7 Å². The predicted octanol–water partition coefficient (Wildman–Crippen LogP) is 14.0. The van der Waals surface area contributed by atoms with Gasteiger partial charge in [0.05, 0.1) is 39.0 Å². The van der Waals surface area contributed by atoms with Crippen LogP contribution in [0.15, 0.2) is 200 Å². The van der Waals surface area contributed by atoms with E-state index >= 15 is 0 Å². The Morgan fingerprint density at radius 2 is 0.950 bits per heavy atom. The number of aromatic nitrogens is 3. The lowest BCUT2D eigenvalue weighted by molar-refractivity contribution is 0.442. The number of benzene rings is 8. The largest absolute Gasteiger partial charge is 0.456 e. The van der Waals surface area contributed by atoms with Crippen molar-refractivity contribution in [2.75, 3.05) is 0 Å². The Balaban J connectivity index is 1.09. The van der Waals surface area contributed by atoms with Gasteiger partial charge in [-0.05, 0) is 46.5 Å². The molecular weight excluding hydrogens is 731 g/mol. The first-order valence-corrected chi connectivity index (χ1v) is 20.4. The maximum absolute atomic E-state index is 7.42. The van der Waals surface area contributed by atoms with Crippen molar-refractivity contribution >= 4 is 43.5 Å². The van der Waals surface area contributed by atoms with Crippen LogP contribution in [-0.4, -0.2) is 15.0 Å². The molecule has 4 nitrogen and oxygen atoms in total. The highest BCUT2D eigenvalue weighted by Crippen LogP contribution is 2.63. The average Bonchev–Trinajstić information content (AvgIpc) is 3.61. The monoisotopic (exact) mass is 763 g/mol. The Morgan fingerprint density at radius 3 is 1.65 bits per heavy atom. The lowest BCUT2D eigenvalue weighted by Gasteiger charge is -2.40. The van der Waals surface area contributed by atoms with Gasteiger partial charge in [0.15, 0.2) is 0 Å². The van der Waals surface area contributed by atoms with Crippen LogP contribution in [0.1, 0.15) is 22.3 Å². The van der Waals surface area contributed by atoms with Gasteiger partial charge in [0.2, 0.25) is 0 Å². The molecule has 1 aliphatic heterocycles. The molecule has 1 spiro atoms. The van der Waals surface area contributed by atoms with E-state index in [1.165, 1.54) is 22.3 Å². The van der Waals surface area contributed by atoms with Crippen molar-refractivity contribution in [3.8, 4) is 56.4 Å². The summed E-state index contributed by atoms with van der Waals surface area (Å²) in [6.07, 6.45) is 0. The Bertz CT molecular complexity index is 3530. The summed E-state index contributed by atoms with van der Waals surface area (Å²) >= 11 is 0. The summed E-state index contributed by atoms with van der Waals surface area (Å²) in [5.41, 5.74) is 15.1. The van der Waals surface area contributed by atoms with Gasteiger partial charge in [-0.2, -0.15) is 0 Å². The molecule has 278 valence electrons. The molecule has 4 heteroatoms. The van der Waals surface area contributed by atoms with Crippen molar-refractivity contribution in [3.63, 3.8) is 0 Å². The molecule has 8 aromatic carbocycles. The topological polar surface area (TPSA) is 47.9 Å². The summed E-state index contributed by atoms with van der Waals surface area (Å²) in [7, 11) is 0. The normalized spacial score (nSPS) is 13.3. The molecule has 1 aliphatic carbocycles. The van der Waals surface area contributed by atoms with Crippen LogP contribution in [0.25, 0.3) is 88.4 Å². The van der Waals surface area contributed by atoms with Gasteiger partial charge in [-0.1, -0.05) is 176 Å². The van der Waals surface area contributed by atoms with Crippen LogP contribution in [0, 0.1) is 0 Å². The van der Waals surface area contributed by atoms with E-state index in [1.54, 1.807) is 0 Å². The van der Waals surface area contributed by atoms with Gasteiger partial charge < -0.3 is 4.74 Å². The Hall–Kier alpha value is -7.95. The molecule has 60 heavy (non-hydrogen) atoms. The first-order valence-electron chi connectivity index (χ1n) is 20.4. The molecule has 0 unspecified atom stereocenters. The Morgan fingerprint density at radius 1 is 0.383 bits per heavy atom. The number of para-hydroxylation sites is 1. The lowest BCUT2D eigenvalue weighted by Crippen LogP contribution is -2.32. The molecular formula is C56H33N3O. The van der Waals surface area contributed by atoms with Crippen molar-refractivity contribution in [2.45, 2.75) is 5.41 Å². The van der Waals surface area contributed by atoms with Gasteiger partial charge in [-0.15, -0.1) is 0 Å². The summed E-state index contributed by atoms with van der Waals surface area (Å²) in [5, 5.41) is 5.28. The molecule has 2 aliphatic rings. The molecule has 11 aromatic rings. The molecule has 13 rings (SSSR count). The number of fused-ring (bicyclic) bond motifs is 16. The highest BCUT2D eigenvalue weighted by atomic mass is 16.5. The van der Waals surface area contributed by atoms with Crippen LogP contribution in [-0.2, 0) is 5.41 Å². The fourth-order valence-electron chi connectivity index (χ4n) is 10.1. The number of nitrogens with zero attached hydrogens (tertiary/aromatic N) is 3. The van der Waals surface area contributed by atoms with E-state index in [2.05, 4.69) is 194 Å². The second-order valence-electron chi connectivity index (χ2n) is 15.8. The van der Waals surface area contributed by atoms with Crippen molar-refractivity contribution in [2.24, 2.45) is 0 Å². The number of ether oxygens (including phenoxy) is 1. The van der Waals surface area contributed by atoms with Crippen LogP contribution in [0.3, 0.4) is 0 Å². The molecule has 4 heterocycles. The summed E-state index contributed by atoms with van der Waals surface area (Å²) in [4.78, 5) is 15.8. The molecule has 0 atom stereocenters. The van der Waals surface area contributed by atoms with E-state index in [0.29, 0.717) is 0 Å². The van der Waals surface area contributed by atoms with Gasteiger partial charge in [0.1, 0.15) is 11.5 Å². The first kappa shape index (κ1) is 33.1. The first-order chi connectivity index (χ1) is 29.7. The fourth-order valence-corrected chi connectivity index (χ4v) is 10.1. The molecule has 0 N–H and O–H groups in total. The van der Waals surface area contributed by atoms with Crippen molar-refractivity contribution in [1.29, 1.82) is 0 Å². The molecule has 3 aromatic heterocycles. The van der Waals surface area contributed by atoms with Crippen molar-refractivity contribution in [3.05, 3.63) is 222 Å². The summed E-state index contributed by atoms with van der Waals surface area (Å²) in [5.74, 6) is 1.67. The molecule has 0 radical (unpaired) electrons. The summed E-state index contributed by atoms with van der Waals surface area (Å²) in [6, 6.07) is 71.1. The van der Waals surface area contributed by atoms with Crippen LogP contribution in [0.2, 0.25) is 0 Å². The van der Waals surface area contributed by atoms with E-state index in [9.17, 15) is 0 Å². The predicted molar refractivity (Wildman–Crippen MR) is 244 cm³/mol. The highest BCUT2D eigenvalue weighted by molar-refractivity contribution is 6.15. The van der Waals surface area contributed by atoms with Gasteiger partial charge in [-0.25, -0.2) is 15.0 Å². The quantitative estimate of drug-likeness (QED) is 0.168. The highest BCUT2D eigenvalue weighted by Gasteiger charge is 2.51. The van der Waals surface area contributed by atoms with Crippen molar-refractivity contribution < 1.29 is 4.74 Å². The standard InChI is InChI=1S/C56H33N3O/c1-3-13-34(14-4-1)47-31-26-36-23-24-37-27-32-48(58-54(37)53(36)57-47)38-25-29-45-50(33-38)60-55-46(56(45)43-20-10-7-17-39(43)40-18-8-11-21-44(40)56)30-28-42-51(55)41-19-9-12-22-49(41)59-52(42)35-15-5-2-6-16-35/h1-33H. The maximum Gasteiger partial charge on any atom is 0.140 e. The summed E-state index contributed by atoms with van der Waals surface area (Å²) < 4.78 is 7.42. The minimum absolute atomic E-state index is 0.634. The van der Waals surface area contributed by atoms with Gasteiger partial charge >= 0.3 is 0 Å². The second kappa shape index (κ2) is 12.5. The lowest BCUT2D eigenvalue weighted by atomic mass is 9.65. The third-order valence-corrected chi connectivity index (χ3v) is 12.7. The molecule has 0 bridgehead atoms. The SMILES string of the molecule is c1ccc(-c2ccc3ccc4ccc(-c5ccc6c(c5)Oc5c(ccc7c(-c8ccccc8)nc8ccccc8c57)C65c6ccccc6-c6ccccc65)nc4c3n2)cc1. The molecule has 0 amide bonds. The van der Waals surface area contributed by atoms with E-state index in [4.69, 9.17) is 19.7 Å². The van der Waals surface area contributed by atoms with E-state index in [0.717, 1.165) is 99.9 Å². The number of hydrogen-bond acceptors (Lipinski definition) is 4.